The van der Waals surface area contributed by atoms with Crippen LogP contribution in [0.5, 0.6) is 0 Å². The summed E-state index contributed by atoms with van der Waals surface area (Å²) < 4.78 is 0. The van der Waals surface area contributed by atoms with Crippen molar-refractivity contribution in [3.63, 3.8) is 0 Å². The summed E-state index contributed by atoms with van der Waals surface area (Å²) in [4.78, 5) is 25.0. The molecule has 2 N–H and O–H groups in total. The molecule has 5 nitrogen and oxygen atoms in total. The molecule has 0 aromatic heterocycles. The Morgan fingerprint density at radius 1 is 1.16 bits per heavy atom. The van der Waals surface area contributed by atoms with Crippen LogP contribution >= 0.6 is 12.4 Å². The van der Waals surface area contributed by atoms with E-state index < -0.39 is 0 Å². The first-order chi connectivity index (χ1) is 8.54. The Balaban J connectivity index is 0. The van der Waals surface area contributed by atoms with Crippen molar-refractivity contribution in [1.29, 1.82) is 0 Å². The van der Waals surface area contributed by atoms with Gasteiger partial charge in [-0.15, -0.1) is 12.4 Å². The van der Waals surface area contributed by atoms with Crippen molar-refractivity contribution in [2.45, 2.75) is 46.1 Å². The highest BCUT2D eigenvalue weighted by Gasteiger charge is 2.10. The van der Waals surface area contributed by atoms with E-state index in [4.69, 9.17) is 0 Å². The van der Waals surface area contributed by atoms with Gasteiger partial charge in [0.15, 0.2) is 0 Å². The monoisotopic (exact) mass is 293 g/mol. The molecule has 0 aliphatic carbocycles. The number of nitrogens with one attached hydrogen (secondary N) is 2. The smallest absolute Gasteiger partial charge is 0.222 e. The molecule has 114 valence electrons. The number of carbonyl (C=O) groups excluding carboxylic acids is 2. The van der Waals surface area contributed by atoms with Gasteiger partial charge < -0.3 is 15.5 Å². The molecule has 19 heavy (non-hydrogen) atoms. The van der Waals surface area contributed by atoms with Crippen LogP contribution in [0.1, 0.15) is 40.0 Å². The van der Waals surface area contributed by atoms with Crippen LogP contribution in [-0.2, 0) is 9.59 Å². The second-order valence-electron chi connectivity index (χ2n) is 4.41. The van der Waals surface area contributed by atoms with Gasteiger partial charge in [-0.2, -0.15) is 0 Å². The molecule has 0 heterocycles. The van der Waals surface area contributed by atoms with E-state index in [9.17, 15) is 9.59 Å². The molecule has 2 amide bonds. The van der Waals surface area contributed by atoms with Gasteiger partial charge in [0.25, 0.3) is 0 Å². The lowest BCUT2D eigenvalue weighted by atomic mass is 10.2. The van der Waals surface area contributed by atoms with Crippen LogP contribution in [0.4, 0.5) is 0 Å². The lowest BCUT2D eigenvalue weighted by Gasteiger charge is -2.18. The lowest BCUT2D eigenvalue weighted by molar-refractivity contribution is -0.131. The van der Waals surface area contributed by atoms with Crippen molar-refractivity contribution in [3.8, 4) is 0 Å². The average molecular weight is 294 g/mol. The normalized spacial score (nSPS) is 11.4. The fourth-order valence-corrected chi connectivity index (χ4v) is 1.59. The van der Waals surface area contributed by atoms with Crippen LogP contribution in [0.3, 0.4) is 0 Å². The van der Waals surface area contributed by atoms with Gasteiger partial charge in [0.2, 0.25) is 11.8 Å². The van der Waals surface area contributed by atoms with Crippen LogP contribution < -0.4 is 10.6 Å². The maximum absolute atomic E-state index is 11.7. The van der Waals surface area contributed by atoms with Gasteiger partial charge in [-0.3, -0.25) is 9.59 Å². The summed E-state index contributed by atoms with van der Waals surface area (Å²) in [5, 5.41) is 5.89. The van der Waals surface area contributed by atoms with Crippen molar-refractivity contribution in [2.75, 3.05) is 26.7 Å². The van der Waals surface area contributed by atoms with Crippen LogP contribution in [0.2, 0.25) is 0 Å². The minimum atomic E-state index is 0. The van der Waals surface area contributed by atoms with Crippen molar-refractivity contribution >= 4 is 24.2 Å². The van der Waals surface area contributed by atoms with Gasteiger partial charge in [-0.25, -0.2) is 0 Å². The standard InChI is InChI=1S/C13H27N3O2.ClH/c1-5-16(6-2)13(18)9-7-8-12(17)15-10-11(3)14-4;/h11,14H,5-10H2,1-4H3,(H,15,17);1H. The summed E-state index contributed by atoms with van der Waals surface area (Å²) in [5.74, 6) is 0.154. The number of rotatable bonds is 9. The summed E-state index contributed by atoms with van der Waals surface area (Å²) in [6, 6.07) is 0.270. The average Bonchev–Trinajstić information content (AvgIpc) is 2.37. The number of halogens is 1. The van der Waals surface area contributed by atoms with E-state index >= 15 is 0 Å². The van der Waals surface area contributed by atoms with Crippen LogP contribution in [0, 0.1) is 0 Å². The highest BCUT2D eigenvalue weighted by molar-refractivity contribution is 5.85. The molecular formula is C13H28ClN3O2. The molecule has 0 saturated heterocycles. The number of amides is 2. The molecule has 0 spiro atoms. The zero-order chi connectivity index (χ0) is 14.0. The molecule has 1 unspecified atom stereocenters. The topological polar surface area (TPSA) is 61.4 Å². The van der Waals surface area contributed by atoms with Gasteiger partial charge >= 0.3 is 0 Å². The van der Waals surface area contributed by atoms with E-state index in [-0.39, 0.29) is 30.3 Å². The first-order valence-electron chi connectivity index (χ1n) is 6.76. The quantitative estimate of drug-likeness (QED) is 0.671. The van der Waals surface area contributed by atoms with Gasteiger partial charge in [0.1, 0.15) is 0 Å². The predicted molar refractivity (Wildman–Crippen MR) is 80.6 cm³/mol. The summed E-state index contributed by atoms with van der Waals surface area (Å²) >= 11 is 0. The number of carbonyl (C=O) groups is 2. The maximum atomic E-state index is 11.7. The molecule has 0 aromatic rings. The van der Waals surface area contributed by atoms with E-state index in [0.29, 0.717) is 25.8 Å². The van der Waals surface area contributed by atoms with E-state index in [2.05, 4.69) is 10.6 Å². The van der Waals surface area contributed by atoms with Gasteiger partial charge in [-0.05, 0) is 34.2 Å². The molecule has 0 aliphatic heterocycles. The third-order valence-electron chi connectivity index (χ3n) is 3.01. The first-order valence-corrected chi connectivity index (χ1v) is 6.76. The summed E-state index contributed by atoms with van der Waals surface area (Å²) in [5.41, 5.74) is 0. The largest absolute Gasteiger partial charge is 0.355 e. The Labute approximate surface area is 122 Å². The van der Waals surface area contributed by atoms with Gasteiger partial charge in [0, 0.05) is 38.5 Å². The number of hydrogen-bond donors (Lipinski definition) is 2. The second-order valence-corrected chi connectivity index (χ2v) is 4.41. The number of likely N-dealkylation sites (N-methyl/N-ethyl adjacent to an activating group) is 1. The van der Waals surface area contributed by atoms with Crippen LogP contribution in [0.15, 0.2) is 0 Å². The Morgan fingerprint density at radius 3 is 2.21 bits per heavy atom. The maximum Gasteiger partial charge on any atom is 0.222 e. The molecule has 0 bridgehead atoms. The number of hydrogen-bond acceptors (Lipinski definition) is 3. The molecule has 6 heteroatoms. The summed E-state index contributed by atoms with van der Waals surface area (Å²) in [6.45, 7) is 8.03. The van der Waals surface area contributed by atoms with Gasteiger partial charge in [0.05, 0.1) is 0 Å². The Bertz CT molecular complexity index is 258. The SMILES string of the molecule is CCN(CC)C(=O)CCCC(=O)NCC(C)NC.Cl. The zero-order valence-electron chi connectivity index (χ0n) is 12.5. The predicted octanol–water partition coefficient (Wildman–Crippen LogP) is 1.17. The van der Waals surface area contributed by atoms with Crippen molar-refractivity contribution in [2.24, 2.45) is 0 Å². The number of nitrogens with zero attached hydrogens (tertiary/aromatic N) is 1. The molecule has 0 aromatic carbocycles. The first kappa shape index (κ1) is 20.5. The van der Waals surface area contributed by atoms with Crippen molar-refractivity contribution in [3.05, 3.63) is 0 Å². The minimum absolute atomic E-state index is 0. The third kappa shape index (κ3) is 9.73. The van der Waals surface area contributed by atoms with Crippen LogP contribution in [0.25, 0.3) is 0 Å². The minimum Gasteiger partial charge on any atom is -0.355 e. The van der Waals surface area contributed by atoms with Crippen LogP contribution in [-0.4, -0.2) is 49.4 Å². The van der Waals surface area contributed by atoms with Crippen molar-refractivity contribution < 1.29 is 9.59 Å². The molecule has 1 atom stereocenters. The lowest BCUT2D eigenvalue weighted by Crippen LogP contribution is -2.37. The van der Waals surface area contributed by atoms with E-state index in [1.54, 1.807) is 4.90 Å². The highest BCUT2D eigenvalue weighted by Crippen LogP contribution is 2.01. The molecule has 0 aliphatic rings. The Hall–Kier alpha value is -0.810. The molecule has 0 radical (unpaired) electrons. The fourth-order valence-electron chi connectivity index (χ4n) is 1.59. The second kappa shape index (κ2) is 12.2. The van der Waals surface area contributed by atoms with E-state index in [1.165, 1.54) is 0 Å². The summed E-state index contributed by atoms with van der Waals surface area (Å²) in [6.07, 6.45) is 1.50. The summed E-state index contributed by atoms with van der Waals surface area (Å²) in [7, 11) is 1.86. The third-order valence-corrected chi connectivity index (χ3v) is 3.01. The Morgan fingerprint density at radius 2 is 1.74 bits per heavy atom. The van der Waals surface area contributed by atoms with Gasteiger partial charge in [-0.1, -0.05) is 0 Å². The van der Waals surface area contributed by atoms with Crippen molar-refractivity contribution in [1.82, 2.24) is 15.5 Å². The zero-order valence-corrected chi connectivity index (χ0v) is 13.3. The van der Waals surface area contributed by atoms with E-state index in [0.717, 1.165) is 13.1 Å². The Kier molecular flexibility index (Phi) is 13.2. The highest BCUT2D eigenvalue weighted by atomic mass is 35.5. The molecule has 0 saturated carbocycles. The molecule has 0 rings (SSSR count). The molecule has 0 fully saturated rings. The fraction of sp³-hybridized carbons (Fsp3) is 0.846. The van der Waals surface area contributed by atoms with E-state index in [1.807, 2.05) is 27.8 Å². The molecular weight excluding hydrogens is 266 g/mol.